The van der Waals surface area contributed by atoms with Gasteiger partial charge in [0.25, 0.3) is 0 Å². The number of hydrogen-bond acceptors (Lipinski definition) is 2. The van der Waals surface area contributed by atoms with Crippen LogP contribution in [0.3, 0.4) is 0 Å². The molecule has 2 aliphatic heterocycles. The fourth-order valence-corrected chi connectivity index (χ4v) is 13.8. The first-order chi connectivity index (χ1) is 28.1. The van der Waals surface area contributed by atoms with Crippen LogP contribution in [0.25, 0.3) is 55.4 Å². The van der Waals surface area contributed by atoms with Crippen LogP contribution in [0.15, 0.2) is 72.9 Å². The van der Waals surface area contributed by atoms with Crippen molar-refractivity contribution in [3.05, 3.63) is 129 Å². The van der Waals surface area contributed by atoms with Gasteiger partial charge >= 0.3 is 0 Å². The van der Waals surface area contributed by atoms with Gasteiger partial charge in [-0.3, -0.25) is 0 Å². The fraction of sp³-hybridized carbons (Fsp3) is 0.385. The molecule has 6 heterocycles. The number of fused-ring (bicyclic) bond motifs is 15. The molecule has 12 aliphatic carbocycles. The molecule has 5 nitrogen and oxygen atoms in total. The molecule has 0 saturated heterocycles. The van der Waals surface area contributed by atoms with Gasteiger partial charge in [-0.1, -0.05) is 62.5 Å². The number of aromatic amines is 3. The van der Waals surface area contributed by atoms with Crippen LogP contribution in [0.1, 0.15) is 145 Å². The van der Waals surface area contributed by atoms with E-state index in [9.17, 15) is 0 Å². The normalized spacial score (nSPS) is 30.1. The average Bonchev–Trinajstić information content (AvgIpc) is 4.09. The first kappa shape index (κ1) is 31.9. The number of nitrogens with zero attached hydrogens (tertiary/aromatic N) is 2. The van der Waals surface area contributed by atoms with Crippen molar-refractivity contribution in [3.8, 4) is 0 Å². The third-order valence-corrected chi connectivity index (χ3v) is 16.2. The van der Waals surface area contributed by atoms with Crippen LogP contribution in [0, 0.1) is 23.7 Å². The zero-order valence-corrected chi connectivity index (χ0v) is 33.0. The summed E-state index contributed by atoms with van der Waals surface area (Å²) in [5, 5.41) is 0. The average molecular weight is 744 g/mol. The van der Waals surface area contributed by atoms with E-state index in [1.165, 1.54) is 163 Å². The first-order valence-electron chi connectivity index (χ1n) is 22.4. The maximum atomic E-state index is 5.80. The SMILES string of the molecule is CCc1c(CC)c2cc3[nH]c(cc4nc(c5nc(cc6[nH]c(cc1[nH]2)c1c6C2C=CC1CC2)C1=C5C2C=CC1CC2)C1=C4C2C=CC1CC2)c1c3C2C=CC1CC2. The molecule has 0 fully saturated rings. The van der Waals surface area contributed by atoms with Crippen LogP contribution in [0.2, 0.25) is 0 Å². The second-order valence-electron chi connectivity index (χ2n) is 18.8. The number of aryl methyl sites for hydroxylation is 2. The summed E-state index contributed by atoms with van der Waals surface area (Å²) in [5.41, 5.74) is 27.1. The van der Waals surface area contributed by atoms with Crippen LogP contribution in [0.4, 0.5) is 0 Å². The number of allylic oxidation sites excluding steroid dienone is 12. The Morgan fingerprint density at radius 3 is 1.02 bits per heavy atom. The molecule has 0 amide bonds. The first-order valence-corrected chi connectivity index (χ1v) is 22.4. The molecule has 18 rings (SSSR count). The Labute approximate surface area is 333 Å². The minimum atomic E-state index is 0.405. The lowest BCUT2D eigenvalue weighted by Crippen LogP contribution is -2.20. The van der Waals surface area contributed by atoms with Crippen molar-refractivity contribution in [1.29, 1.82) is 0 Å². The summed E-state index contributed by atoms with van der Waals surface area (Å²) in [6.45, 7) is 4.66. The van der Waals surface area contributed by atoms with Gasteiger partial charge in [-0.05, 0) is 144 Å². The van der Waals surface area contributed by atoms with E-state index in [2.05, 4.69) is 102 Å². The summed E-state index contributed by atoms with van der Waals surface area (Å²) in [4.78, 5) is 23.8. The van der Waals surface area contributed by atoms with Crippen LogP contribution < -0.4 is 0 Å². The van der Waals surface area contributed by atoms with Crippen molar-refractivity contribution in [2.75, 3.05) is 0 Å². The Bertz CT molecular complexity index is 2750. The lowest BCUT2D eigenvalue weighted by Gasteiger charge is -2.34. The van der Waals surface area contributed by atoms with Crippen molar-refractivity contribution < 1.29 is 0 Å². The summed E-state index contributed by atoms with van der Waals surface area (Å²) in [6, 6.07) is 9.86. The monoisotopic (exact) mass is 743 g/mol. The second-order valence-corrected chi connectivity index (χ2v) is 18.8. The van der Waals surface area contributed by atoms with E-state index in [1.807, 2.05) is 0 Å². The summed E-state index contributed by atoms with van der Waals surface area (Å²) >= 11 is 0. The Hall–Kier alpha value is -5.16. The minimum Gasteiger partial charge on any atom is -0.355 e. The highest BCUT2D eigenvalue weighted by Crippen LogP contribution is 2.58. The maximum Gasteiger partial charge on any atom is 0.0938 e. The van der Waals surface area contributed by atoms with E-state index in [0.717, 1.165) is 12.8 Å². The Morgan fingerprint density at radius 2 is 0.684 bits per heavy atom. The minimum absolute atomic E-state index is 0.405. The third kappa shape index (κ3) is 4.16. The lowest BCUT2D eigenvalue weighted by atomic mass is 9.68. The molecule has 5 heteroatoms. The maximum absolute atomic E-state index is 5.80. The zero-order valence-electron chi connectivity index (χ0n) is 33.0. The Kier molecular flexibility index (Phi) is 6.30. The van der Waals surface area contributed by atoms with Crippen molar-refractivity contribution in [1.82, 2.24) is 24.9 Å². The fourth-order valence-electron chi connectivity index (χ4n) is 13.8. The molecule has 4 aromatic heterocycles. The molecule has 0 saturated carbocycles. The summed E-state index contributed by atoms with van der Waals surface area (Å²) < 4.78 is 0. The van der Waals surface area contributed by atoms with Crippen molar-refractivity contribution in [3.63, 3.8) is 0 Å². The van der Waals surface area contributed by atoms with Gasteiger partial charge < -0.3 is 15.0 Å². The lowest BCUT2D eigenvalue weighted by molar-refractivity contribution is 0.555. The predicted octanol–water partition coefficient (Wildman–Crippen LogP) is 12.6. The molecule has 0 spiro atoms. The Balaban J connectivity index is 1.17. The van der Waals surface area contributed by atoms with E-state index >= 15 is 0 Å². The zero-order chi connectivity index (χ0) is 37.3. The van der Waals surface area contributed by atoms with E-state index < -0.39 is 0 Å². The highest BCUT2D eigenvalue weighted by Gasteiger charge is 2.44. The molecule has 0 radical (unpaired) electrons. The molecule has 14 aliphatic rings. The predicted molar refractivity (Wildman–Crippen MR) is 232 cm³/mol. The van der Waals surface area contributed by atoms with E-state index in [1.54, 1.807) is 0 Å². The van der Waals surface area contributed by atoms with Gasteiger partial charge in [-0.15, -0.1) is 0 Å². The van der Waals surface area contributed by atoms with Gasteiger partial charge in [0, 0.05) is 80.4 Å². The molecular formula is C52H49N5. The van der Waals surface area contributed by atoms with Crippen molar-refractivity contribution in [2.24, 2.45) is 23.7 Å². The Morgan fingerprint density at radius 1 is 0.386 bits per heavy atom. The van der Waals surface area contributed by atoms with Crippen LogP contribution >= 0.6 is 0 Å². The topological polar surface area (TPSA) is 73.2 Å². The number of hydrogen-bond donors (Lipinski definition) is 3. The number of aromatic nitrogens is 5. The number of rotatable bonds is 2. The molecule has 8 unspecified atom stereocenters. The van der Waals surface area contributed by atoms with Gasteiger partial charge in [-0.25, -0.2) is 9.97 Å². The molecular weight excluding hydrogens is 695 g/mol. The highest BCUT2D eigenvalue weighted by molar-refractivity contribution is 6.05. The van der Waals surface area contributed by atoms with Crippen LogP contribution in [0.5, 0.6) is 0 Å². The number of H-pyrrole nitrogens is 3. The van der Waals surface area contributed by atoms with Gasteiger partial charge in [0.2, 0.25) is 0 Å². The molecule has 3 N–H and O–H groups in total. The van der Waals surface area contributed by atoms with E-state index in [-0.39, 0.29) is 0 Å². The van der Waals surface area contributed by atoms with Crippen LogP contribution in [-0.4, -0.2) is 24.9 Å². The standard InChI is InChI=1S/C52H49N5/c1-3-33-34(4-2)36-22-38-44-26-7-11-28(12-8-26)46(44)40(55-38)24-42-48-30-15-19-32(20-16-30)50(48)52(57-42)51-49-31-17-13-29(14-18-31)47(49)41(56-51)23-39-45-27-9-5-25(6-10-27)43(45)37(54-39)21-35(33)53-36/h5,7,9,11,13,15,17,19,21-32,53-55H,3-4,6,8,10,12,14,16,18,20H2,1-2H3. The van der Waals surface area contributed by atoms with E-state index in [0.29, 0.717) is 47.3 Å². The van der Waals surface area contributed by atoms with Gasteiger partial charge in [0.05, 0.1) is 22.8 Å². The molecule has 4 aromatic rings. The second kappa shape index (κ2) is 11.3. The van der Waals surface area contributed by atoms with Crippen molar-refractivity contribution >= 4 is 55.4 Å². The summed E-state index contributed by atoms with van der Waals surface area (Å²) in [5.74, 6) is 3.43. The largest absolute Gasteiger partial charge is 0.355 e. The highest BCUT2D eigenvalue weighted by atomic mass is 14.9. The quantitative estimate of drug-likeness (QED) is 0.179. The molecule has 282 valence electrons. The molecule has 18 bridgehead atoms. The smallest absolute Gasteiger partial charge is 0.0938 e. The van der Waals surface area contributed by atoms with Crippen LogP contribution in [-0.2, 0) is 12.8 Å². The summed E-state index contributed by atoms with van der Waals surface area (Å²) in [7, 11) is 0. The third-order valence-electron chi connectivity index (χ3n) is 16.2. The van der Waals surface area contributed by atoms with E-state index in [4.69, 9.17) is 9.97 Å². The molecule has 8 atom stereocenters. The van der Waals surface area contributed by atoms with Gasteiger partial charge in [-0.2, -0.15) is 0 Å². The van der Waals surface area contributed by atoms with Crippen molar-refractivity contribution in [2.45, 2.75) is 102 Å². The molecule has 0 aromatic carbocycles. The number of nitrogens with one attached hydrogen (secondary N) is 3. The molecule has 57 heavy (non-hydrogen) atoms. The van der Waals surface area contributed by atoms with Gasteiger partial charge in [0.1, 0.15) is 0 Å². The summed E-state index contributed by atoms with van der Waals surface area (Å²) in [6.07, 6.45) is 31.7. The van der Waals surface area contributed by atoms with Gasteiger partial charge in [0.15, 0.2) is 0 Å².